The van der Waals surface area contributed by atoms with Crippen LogP contribution in [0.3, 0.4) is 0 Å². The van der Waals surface area contributed by atoms with Crippen molar-refractivity contribution in [3.05, 3.63) is 12.3 Å². The number of hydrogen-bond acceptors (Lipinski definition) is 3. The third kappa shape index (κ3) is 1.74. The summed E-state index contributed by atoms with van der Waals surface area (Å²) in [7, 11) is 0. The molecule has 1 fully saturated rings. The van der Waals surface area contributed by atoms with Gasteiger partial charge in [-0.05, 0) is 19.8 Å². The molecule has 1 aromatic heterocycles. The monoisotopic (exact) mass is 208 g/mol. The largest absolute Gasteiger partial charge is 0.327 e. The summed E-state index contributed by atoms with van der Waals surface area (Å²) in [5.74, 6) is 0.608. The van der Waals surface area contributed by atoms with E-state index in [-0.39, 0.29) is 11.9 Å². The molecule has 1 heterocycles. The molecule has 2 rings (SSSR count). The molecule has 0 aliphatic heterocycles. The summed E-state index contributed by atoms with van der Waals surface area (Å²) in [6.45, 7) is 1.93. The highest BCUT2D eigenvalue weighted by Gasteiger charge is 2.42. The maximum absolute atomic E-state index is 12.0. The van der Waals surface area contributed by atoms with Gasteiger partial charge in [-0.3, -0.25) is 9.89 Å². The molecule has 1 aliphatic rings. The molecule has 0 saturated heterocycles. The Hall–Kier alpha value is -1.36. The Morgan fingerprint density at radius 2 is 2.60 bits per heavy atom. The van der Waals surface area contributed by atoms with Gasteiger partial charge in [-0.25, -0.2) is 0 Å². The second kappa shape index (κ2) is 3.66. The fraction of sp³-hybridized carbons (Fsp3) is 0.600. The maximum Gasteiger partial charge on any atom is 0.233 e. The van der Waals surface area contributed by atoms with Crippen LogP contribution in [0.4, 0.5) is 5.82 Å². The van der Waals surface area contributed by atoms with Crippen LogP contribution in [0, 0.1) is 5.41 Å². The first kappa shape index (κ1) is 10.2. The van der Waals surface area contributed by atoms with Crippen LogP contribution in [0.15, 0.2) is 12.3 Å². The Bertz CT molecular complexity index is 348. The van der Waals surface area contributed by atoms with Gasteiger partial charge in [0.05, 0.1) is 11.6 Å². The number of carbonyl (C=O) groups excluding carboxylic acids is 1. The van der Waals surface area contributed by atoms with Crippen LogP contribution in [0.5, 0.6) is 0 Å². The molecule has 5 heteroatoms. The first-order valence-corrected chi connectivity index (χ1v) is 5.19. The van der Waals surface area contributed by atoms with Crippen molar-refractivity contribution in [1.82, 2.24) is 10.2 Å². The molecule has 0 bridgehead atoms. The van der Waals surface area contributed by atoms with E-state index in [1.807, 2.05) is 6.92 Å². The molecule has 4 N–H and O–H groups in total. The highest BCUT2D eigenvalue weighted by molar-refractivity contribution is 5.95. The van der Waals surface area contributed by atoms with Crippen molar-refractivity contribution in [3.63, 3.8) is 0 Å². The zero-order valence-corrected chi connectivity index (χ0v) is 8.79. The van der Waals surface area contributed by atoms with E-state index in [1.165, 1.54) is 0 Å². The molecule has 2 atom stereocenters. The van der Waals surface area contributed by atoms with Gasteiger partial charge in [0, 0.05) is 12.1 Å². The van der Waals surface area contributed by atoms with Crippen molar-refractivity contribution in [2.75, 3.05) is 5.32 Å². The van der Waals surface area contributed by atoms with Gasteiger partial charge in [0.25, 0.3) is 0 Å². The van der Waals surface area contributed by atoms with Crippen LogP contribution in [-0.4, -0.2) is 22.1 Å². The van der Waals surface area contributed by atoms with E-state index < -0.39 is 5.41 Å². The lowest BCUT2D eigenvalue weighted by molar-refractivity contribution is -0.125. The van der Waals surface area contributed by atoms with Crippen LogP contribution in [0.25, 0.3) is 0 Å². The summed E-state index contributed by atoms with van der Waals surface area (Å²) in [6, 6.07) is 1.68. The normalized spacial score (nSPS) is 30.4. The molecule has 0 spiro atoms. The number of nitrogens with two attached hydrogens (primary N) is 1. The molecule has 1 aliphatic carbocycles. The summed E-state index contributed by atoms with van der Waals surface area (Å²) in [6.07, 6.45) is 4.40. The first-order valence-electron chi connectivity index (χ1n) is 5.19. The quantitative estimate of drug-likeness (QED) is 0.674. The topological polar surface area (TPSA) is 83.8 Å². The number of anilines is 1. The number of amides is 1. The zero-order valence-electron chi connectivity index (χ0n) is 8.79. The third-order valence-electron chi connectivity index (χ3n) is 3.30. The summed E-state index contributed by atoms with van der Waals surface area (Å²) in [5, 5.41) is 9.27. The maximum atomic E-state index is 12.0. The lowest BCUT2D eigenvalue weighted by Crippen LogP contribution is -2.44. The van der Waals surface area contributed by atoms with Crippen molar-refractivity contribution < 1.29 is 4.79 Å². The van der Waals surface area contributed by atoms with E-state index in [1.54, 1.807) is 12.3 Å². The number of hydrogen-bond donors (Lipinski definition) is 3. The number of aromatic amines is 1. The average molecular weight is 208 g/mol. The molecule has 1 saturated carbocycles. The van der Waals surface area contributed by atoms with E-state index in [2.05, 4.69) is 15.5 Å². The number of nitrogens with zero attached hydrogens (tertiary/aromatic N) is 1. The van der Waals surface area contributed by atoms with Gasteiger partial charge in [-0.15, -0.1) is 0 Å². The number of aromatic nitrogens is 2. The summed E-state index contributed by atoms with van der Waals surface area (Å²) < 4.78 is 0. The van der Waals surface area contributed by atoms with E-state index in [4.69, 9.17) is 5.73 Å². The minimum Gasteiger partial charge on any atom is -0.327 e. The Kier molecular flexibility index (Phi) is 2.48. The SMILES string of the molecule is CC1(C(=O)Nc2ccn[nH]2)CCCC1N. The van der Waals surface area contributed by atoms with Crippen LogP contribution in [0.2, 0.25) is 0 Å². The third-order valence-corrected chi connectivity index (χ3v) is 3.30. The number of rotatable bonds is 2. The molecule has 0 radical (unpaired) electrons. The van der Waals surface area contributed by atoms with Gasteiger partial charge in [-0.1, -0.05) is 6.42 Å². The summed E-state index contributed by atoms with van der Waals surface area (Å²) >= 11 is 0. The predicted octanol–water partition coefficient (Wildman–Crippen LogP) is 0.866. The zero-order chi connectivity index (χ0) is 10.9. The summed E-state index contributed by atoms with van der Waals surface area (Å²) in [5.41, 5.74) is 5.52. The number of carbonyl (C=O) groups is 1. The van der Waals surface area contributed by atoms with Gasteiger partial charge >= 0.3 is 0 Å². The smallest absolute Gasteiger partial charge is 0.233 e. The molecule has 2 unspecified atom stereocenters. The highest BCUT2D eigenvalue weighted by Crippen LogP contribution is 2.37. The molecule has 82 valence electrons. The number of nitrogens with one attached hydrogen (secondary N) is 2. The van der Waals surface area contributed by atoms with Crippen LogP contribution in [0.1, 0.15) is 26.2 Å². The predicted molar refractivity (Wildman–Crippen MR) is 57.2 cm³/mol. The number of H-pyrrole nitrogens is 1. The lowest BCUT2D eigenvalue weighted by atomic mass is 9.84. The fourth-order valence-electron chi connectivity index (χ4n) is 2.07. The van der Waals surface area contributed by atoms with E-state index in [9.17, 15) is 4.79 Å². The van der Waals surface area contributed by atoms with Gasteiger partial charge in [0.2, 0.25) is 5.91 Å². The molecule has 0 aromatic carbocycles. The second-order valence-electron chi connectivity index (χ2n) is 4.34. The van der Waals surface area contributed by atoms with Crippen LogP contribution < -0.4 is 11.1 Å². The molecular weight excluding hydrogens is 192 g/mol. The van der Waals surface area contributed by atoms with Crippen molar-refractivity contribution in [2.45, 2.75) is 32.2 Å². The Morgan fingerprint density at radius 3 is 3.13 bits per heavy atom. The van der Waals surface area contributed by atoms with Gasteiger partial charge in [0.15, 0.2) is 0 Å². The Labute approximate surface area is 88.4 Å². The summed E-state index contributed by atoms with van der Waals surface area (Å²) in [4.78, 5) is 12.0. The van der Waals surface area contributed by atoms with E-state index >= 15 is 0 Å². The molecule has 5 nitrogen and oxygen atoms in total. The van der Waals surface area contributed by atoms with E-state index in [0.29, 0.717) is 5.82 Å². The van der Waals surface area contributed by atoms with Crippen molar-refractivity contribution in [1.29, 1.82) is 0 Å². The molecule has 1 amide bonds. The van der Waals surface area contributed by atoms with E-state index in [0.717, 1.165) is 19.3 Å². The average Bonchev–Trinajstić information content (AvgIpc) is 2.79. The molecular formula is C10H16N4O. The van der Waals surface area contributed by atoms with Crippen molar-refractivity contribution in [3.8, 4) is 0 Å². The van der Waals surface area contributed by atoms with Crippen LogP contribution in [-0.2, 0) is 4.79 Å². The first-order chi connectivity index (χ1) is 7.13. The standard InChI is InChI=1S/C10H16N4O/c1-10(5-2-3-7(10)11)9(15)13-8-4-6-12-14-8/h4,6-7H,2-3,5,11H2,1H3,(H2,12,13,14,15). The molecule has 15 heavy (non-hydrogen) atoms. The van der Waals surface area contributed by atoms with Gasteiger partial charge in [0.1, 0.15) is 5.82 Å². The second-order valence-corrected chi connectivity index (χ2v) is 4.34. The van der Waals surface area contributed by atoms with Gasteiger partial charge < -0.3 is 11.1 Å². The minimum atomic E-state index is -0.439. The highest BCUT2D eigenvalue weighted by atomic mass is 16.2. The van der Waals surface area contributed by atoms with Crippen molar-refractivity contribution in [2.24, 2.45) is 11.1 Å². The van der Waals surface area contributed by atoms with Gasteiger partial charge in [-0.2, -0.15) is 5.10 Å². The lowest BCUT2D eigenvalue weighted by Gasteiger charge is -2.26. The van der Waals surface area contributed by atoms with Crippen molar-refractivity contribution >= 4 is 11.7 Å². The Balaban J connectivity index is 2.07. The van der Waals surface area contributed by atoms with Crippen LogP contribution >= 0.6 is 0 Å². The molecule has 1 aromatic rings. The Morgan fingerprint density at radius 1 is 1.80 bits per heavy atom. The fourth-order valence-corrected chi connectivity index (χ4v) is 2.07. The minimum absolute atomic E-state index is 0.0169.